The van der Waals surface area contributed by atoms with Gasteiger partial charge in [0.25, 0.3) is 0 Å². The van der Waals surface area contributed by atoms with Crippen LogP contribution in [0.25, 0.3) is 0 Å². The van der Waals surface area contributed by atoms with Crippen LogP contribution in [0.5, 0.6) is 0 Å². The zero-order valence-electron chi connectivity index (χ0n) is 10.6. The minimum Gasteiger partial charge on any atom is -0.444 e. The SMILES string of the molecule is C[C@@H]1[C@@H](C)OC(=O)N1Cc1ccc(C(F)(F)F)cc1. The molecule has 0 aliphatic carbocycles. The first-order valence-electron chi connectivity index (χ1n) is 5.92. The Hall–Kier alpha value is -1.72. The van der Waals surface area contributed by atoms with Gasteiger partial charge in [0, 0.05) is 6.54 Å². The van der Waals surface area contributed by atoms with Gasteiger partial charge in [-0.15, -0.1) is 0 Å². The van der Waals surface area contributed by atoms with Gasteiger partial charge in [0.2, 0.25) is 0 Å². The Morgan fingerprint density at radius 1 is 1.21 bits per heavy atom. The highest BCUT2D eigenvalue weighted by Crippen LogP contribution is 2.29. The molecule has 1 saturated heterocycles. The van der Waals surface area contributed by atoms with E-state index in [4.69, 9.17) is 4.74 Å². The second kappa shape index (κ2) is 4.75. The number of rotatable bonds is 2. The number of carbonyl (C=O) groups excluding carboxylic acids is 1. The van der Waals surface area contributed by atoms with Crippen LogP contribution in [-0.4, -0.2) is 23.1 Å². The number of hydrogen-bond acceptors (Lipinski definition) is 2. The number of nitrogens with zero attached hydrogens (tertiary/aromatic N) is 1. The summed E-state index contributed by atoms with van der Waals surface area (Å²) in [6.45, 7) is 3.89. The van der Waals surface area contributed by atoms with E-state index in [9.17, 15) is 18.0 Å². The summed E-state index contributed by atoms with van der Waals surface area (Å²) >= 11 is 0. The third-order valence-corrected chi connectivity index (χ3v) is 3.33. The summed E-state index contributed by atoms with van der Waals surface area (Å²) in [5, 5.41) is 0. The molecule has 2 atom stereocenters. The van der Waals surface area contributed by atoms with Crippen molar-refractivity contribution in [2.45, 2.75) is 38.7 Å². The molecule has 1 aromatic carbocycles. The Morgan fingerprint density at radius 3 is 2.21 bits per heavy atom. The van der Waals surface area contributed by atoms with Crippen molar-refractivity contribution in [2.24, 2.45) is 0 Å². The molecule has 1 aliphatic heterocycles. The Labute approximate surface area is 109 Å². The first-order chi connectivity index (χ1) is 8.79. The van der Waals surface area contributed by atoms with E-state index in [2.05, 4.69) is 0 Å². The molecule has 1 aromatic rings. The summed E-state index contributed by atoms with van der Waals surface area (Å²) in [7, 11) is 0. The maximum atomic E-state index is 12.4. The van der Waals surface area contributed by atoms with Crippen LogP contribution in [0.4, 0.5) is 18.0 Å². The van der Waals surface area contributed by atoms with E-state index < -0.39 is 17.8 Å². The number of ether oxygens (including phenoxy) is 1. The smallest absolute Gasteiger partial charge is 0.416 e. The Kier molecular flexibility index (Phi) is 3.43. The molecule has 6 heteroatoms. The minimum atomic E-state index is -4.34. The molecule has 0 saturated carbocycles. The van der Waals surface area contributed by atoms with Crippen molar-refractivity contribution in [3.05, 3.63) is 35.4 Å². The monoisotopic (exact) mass is 273 g/mol. The van der Waals surface area contributed by atoms with E-state index in [0.29, 0.717) is 5.56 Å². The molecule has 0 spiro atoms. The Balaban J connectivity index is 2.10. The molecule has 3 nitrogen and oxygen atoms in total. The highest BCUT2D eigenvalue weighted by molar-refractivity contribution is 5.70. The number of carbonyl (C=O) groups is 1. The normalized spacial score (nSPS) is 23.6. The molecule has 0 bridgehead atoms. The lowest BCUT2D eigenvalue weighted by Gasteiger charge is -2.19. The molecule has 0 radical (unpaired) electrons. The van der Waals surface area contributed by atoms with Crippen LogP contribution >= 0.6 is 0 Å². The summed E-state index contributed by atoms with van der Waals surface area (Å²) in [5.74, 6) is 0. The zero-order chi connectivity index (χ0) is 14.2. The quantitative estimate of drug-likeness (QED) is 0.826. The molecular formula is C13H14F3NO2. The van der Waals surface area contributed by atoms with Crippen LogP contribution in [-0.2, 0) is 17.5 Å². The standard InChI is InChI=1S/C13H14F3NO2/c1-8-9(2)19-12(18)17(8)7-10-3-5-11(6-4-10)13(14,15)16/h3-6,8-9H,7H2,1-2H3/t8-,9-/m1/s1. The first-order valence-corrected chi connectivity index (χ1v) is 5.92. The van der Waals surface area contributed by atoms with E-state index in [0.717, 1.165) is 12.1 Å². The summed E-state index contributed by atoms with van der Waals surface area (Å²) in [6, 6.07) is 4.71. The van der Waals surface area contributed by atoms with Gasteiger partial charge >= 0.3 is 12.3 Å². The zero-order valence-corrected chi connectivity index (χ0v) is 10.6. The van der Waals surface area contributed by atoms with Crippen molar-refractivity contribution < 1.29 is 22.7 Å². The second-order valence-corrected chi connectivity index (χ2v) is 4.65. The lowest BCUT2D eigenvalue weighted by atomic mass is 10.1. The molecule has 0 aromatic heterocycles. The van der Waals surface area contributed by atoms with Crippen LogP contribution < -0.4 is 0 Å². The van der Waals surface area contributed by atoms with Crippen LogP contribution in [0.15, 0.2) is 24.3 Å². The molecular weight excluding hydrogens is 259 g/mol. The topological polar surface area (TPSA) is 29.5 Å². The number of halogens is 3. The molecule has 2 rings (SSSR count). The lowest BCUT2D eigenvalue weighted by molar-refractivity contribution is -0.137. The van der Waals surface area contributed by atoms with Gasteiger partial charge in [-0.1, -0.05) is 12.1 Å². The molecule has 0 unspecified atom stereocenters. The van der Waals surface area contributed by atoms with Crippen molar-refractivity contribution >= 4 is 6.09 Å². The maximum Gasteiger partial charge on any atom is 0.416 e. The largest absolute Gasteiger partial charge is 0.444 e. The van der Waals surface area contributed by atoms with Gasteiger partial charge in [-0.3, -0.25) is 4.90 Å². The van der Waals surface area contributed by atoms with Crippen LogP contribution in [0.1, 0.15) is 25.0 Å². The highest BCUT2D eigenvalue weighted by atomic mass is 19.4. The van der Waals surface area contributed by atoms with Gasteiger partial charge in [0.05, 0.1) is 11.6 Å². The summed E-state index contributed by atoms with van der Waals surface area (Å²) in [4.78, 5) is 13.1. The Morgan fingerprint density at radius 2 is 1.79 bits per heavy atom. The molecule has 1 fully saturated rings. The predicted octanol–water partition coefficient (Wildman–Crippen LogP) is 3.43. The second-order valence-electron chi connectivity index (χ2n) is 4.65. The van der Waals surface area contributed by atoms with Crippen molar-refractivity contribution in [1.82, 2.24) is 4.90 Å². The summed E-state index contributed by atoms with van der Waals surface area (Å²) < 4.78 is 42.3. The summed E-state index contributed by atoms with van der Waals surface area (Å²) in [6.07, 6.45) is -4.98. The fourth-order valence-electron chi connectivity index (χ4n) is 1.95. The molecule has 1 amide bonds. The van der Waals surface area contributed by atoms with Crippen LogP contribution in [0.3, 0.4) is 0 Å². The first kappa shape index (κ1) is 13.7. The van der Waals surface area contributed by atoms with E-state index in [-0.39, 0.29) is 18.7 Å². The minimum absolute atomic E-state index is 0.0882. The van der Waals surface area contributed by atoms with Crippen molar-refractivity contribution in [1.29, 1.82) is 0 Å². The van der Waals surface area contributed by atoms with Crippen LogP contribution in [0.2, 0.25) is 0 Å². The van der Waals surface area contributed by atoms with Gasteiger partial charge in [0.15, 0.2) is 0 Å². The van der Waals surface area contributed by atoms with Gasteiger partial charge in [0.1, 0.15) is 6.10 Å². The van der Waals surface area contributed by atoms with Gasteiger partial charge in [-0.2, -0.15) is 13.2 Å². The van der Waals surface area contributed by atoms with Gasteiger partial charge in [-0.05, 0) is 31.5 Å². The number of amides is 1. The number of cyclic esters (lactones) is 1. The lowest BCUT2D eigenvalue weighted by Crippen LogP contribution is -2.32. The van der Waals surface area contributed by atoms with Crippen molar-refractivity contribution in [2.75, 3.05) is 0 Å². The number of alkyl halides is 3. The Bertz CT molecular complexity index is 470. The van der Waals surface area contributed by atoms with E-state index in [1.54, 1.807) is 6.92 Å². The fraction of sp³-hybridized carbons (Fsp3) is 0.462. The van der Waals surface area contributed by atoms with Gasteiger partial charge < -0.3 is 4.74 Å². The molecule has 19 heavy (non-hydrogen) atoms. The van der Waals surface area contributed by atoms with Gasteiger partial charge in [-0.25, -0.2) is 4.79 Å². The van der Waals surface area contributed by atoms with E-state index >= 15 is 0 Å². The number of benzene rings is 1. The van der Waals surface area contributed by atoms with Crippen molar-refractivity contribution in [3.63, 3.8) is 0 Å². The maximum absolute atomic E-state index is 12.4. The summed E-state index contributed by atoms with van der Waals surface area (Å²) in [5.41, 5.74) is -0.0486. The highest BCUT2D eigenvalue weighted by Gasteiger charge is 2.36. The molecule has 104 valence electrons. The average Bonchev–Trinajstić information content (AvgIpc) is 2.56. The van der Waals surface area contributed by atoms with E-state index in [1.807, 2.05) is 6.92 Å². The van der Waals surface area contributed by atoms with Crippen LogP contribution in [0, 0.1) is 0 Å². The number of hydrogen-bond donors (Lipinski definition) is 0. The average molecular weight is 273 g/mol. The third-order valence-electron chi connectivity index (χ3n) is 3.33. The third kappa shape index (κ3) is 2.83. The fourth-order valence-corrected chi connectivity index (χ4v) is 1.95. The van der Waals surface area contributed by atoms with Crippen molar-refractivity contribution in [3.8, 4) is 0 Å². The molecule has 1 aliphatic rings. The predicted molar refractivity (Wildman–Crippen MR) is 62.4 cm³/mol. The van der Waals surface area contributed by atoms with E-state index in [1.165, 1.54) is 17.0 Å². The molecule has 1 heterocycles. The molecule has 0 N–H and O–H groups in total.